The quantitative estimate of drug-likeness (QED) is 0.866. The van der Waals surface area contributed by atoms with Gasteiger partial charge in [0.15, 0.2) is 0 Å². The summed E-state index contributed by atoms with van der Waals surface area (Å²) in [5.74, 6) is -0.750. The number of hydrogen-bond donors (Lipinski definition) is 1. The van der Waals surface area contributed by atoms with Crippen LogP contribution in [0.3, 0.4) is 0 Å². The van der Waals surface area contributed by atoms with Crippen molar-refractivity contribution in [1.29, 1.82) is 0 Å². The van der Waals surface area contributed by atoms with Crippen molar-refractivity contribution in [2.24, 2.45) is 0 Å². The first-order valence-corrected chi connectivity index (χ1v) is 6.26. The number of nitrogens with zero attached hydrogens (tertiary/aromatic N) is 1. The lowest BCUT2D eigenvalue weighted by molar-refractivity contribution is 0.0855. The minimum absolute atomic E-state index is 0.149. The molecule has 0 radical (unpaired) electrons. The molecule has 1 fully saturated rings. The molecule has 0 aromatic carbocycles. The smallest absolute Gasteiger partial charge is 0.253 e. The van der Waals surface area contributed by atoms with Crippen LogP contribution in [0.25, 0.3) is 0 Å². The number of rotatable bonds is 3. The zero-order valence-corrected chi connectivity index (χ0v) is 10.3. The third kappa shape index (κ3) is 2.24. The van der Waals surface area contributed by atoms with Gasteiger partial charge in [0.2, 0.25) is 0 Å². The monoisotopic (exact) mass is 286 g/mol. The second-order valence-corrected chi connectivity index (χ2v) is 4.67. The lowest BCUT2D eigenvalue weighted by Gasteiger charge is -2.41. The van der Waals surface area contributed by atoms with Crippen LogP contribution in [0.1, 0.15) is 29.6 Å². The third-order valence-electron chi connectivity index (χ3n) is 2.91. The highest BCUT2D eigenvalue weighted by Crippen LogP contribution is 2.33. The van der Waals surface area contributed by atoms with E-state index < -0.39 is 5.82 Å². The molecule has 86 valence electrons. The molecule has 1 aliphatic carbocycles. The Morgan fingerprint density at radius 1 is 1.56 bits per heavy atom. The molecule has 1 saturated carbocycles. The van der Waals surface area contributed by atoms with E-state index in [1.807, 2.05) is 0 Å². The van der Waals surface area contributed by atoms with Gasteiger partial charge in [-0.15, -0.1) is 0 Å². The molecule has 0 bridgehead atoms. The first-order chi connectivity index (χ1) is 7.65. The molecular weight excluding hydrogens is 275 g/mol. The number of alkyl halides is 1. The van der Waals surface area contributed by atoms with Gasteiger partial charge >= 0.3 is 0 Å². The van der Waals surface area contributed by atoms with Gasteiger partial charge in [-0.05, 0) is 25.3 Å². The van der Waals surface area contributed by atoms with Crippen LogP contribution in [0, 0.1) is 5.82 Å². The fourth-order valence-electron chi connectivity index (χ4n) is 1.74. The van der Waals surface area contributed by atoms with Crippen molar-refractivity contribution in [2.75, 3.05) is 5.33 Å². The third-order valence-corrected chi connectivity index (χ3v) is 3.99. The lowest BCUT2D eigenvalue weighted by Crippen LogP contribution is -2.54. The van der Waals surface area contributed by atoms with Gasteiger partial charge in [0.05, 0.1) is 17.3 Å². The van der Waals surface area contributed by atoms with Gasteiger partial charge in [0.1, 0.15) is 5.82 Å². The van der Waals surface area contributed by atoms with Gasteiger partial charge in [-0.2, -0.15) is 0 Å². The second-order valence-electron chi connectivity index (χ2n) is 4.11. The molecule has 0 spiro atoms. The first-order valence-electron chi connectivity index (χ1n) is 5.14. The summed E-state index contributed by atoms with van der Waals surface area (Å²) >= 11 is 3.39. The standard InChI is InChI=1S/C11H12BrFN2O/c12-7-11(2-1-3-11)15-10(16)8-4-9(13)6-14-5-8/h4-6H,1-3,7H2,(H,15,16). The zero-order valence-electron chi connectivity index (χ0n) is 8.67. The van der Waals surface area contributed by atoms with E-state index in [0.29, 0.717) is 0 Å². The second kappa shape index (κ2) is 4.49. The lowest BCUT2D eigenvalue weighted by atomic mass is 9.78. The van der Waals surface area contributed by atoms with E-state index in [2.05, 4.69) is 26.2 Å². The van der Waals surface area contributed by atoms with Crippen molar-refractivity contribution in [3.8, 4) is 0 Å². The summed E-state index contributed by atoms with van der Waals surface area (Å²) in [4.78, 5) is 15.5. The molecule has 1 amide bonds. The average molecular weight is 287 g/mol. The van der Waals surface area contributed by atoms with Gasteiger partial charge in [-0.3, -0.25) is 9.78 Å². The van der Waals surface area contributed by atoms with Crippen LogP contribution in [0.15, 0.2) is 18.5 Å². The fraction of sp³-hybridized carbons (Fsp3) is 0.455. The summed E-state index contributed by atoms with van der Waals surface area (Å²) in [6, 6.07) is 1.20. The minimum atomic E-state index is -0.492. The molecule has 0 unspecified atom stereocenters. The summed E-state index contributed by atoms with van der Waals surface area (Å²) in [5.41, 5.74) is 0.121. The van der Waals surface area contributed by atoms with Crippen LogP contribution in [0.5, 0.6) is 0 Å². The maximum Gasteiger partial charge on any atom is 0.253 e. The molecule has 1 aromatic rings. The van der Waals surface area contributed by atoms with Gasteiger partial charge in [-0.1, -0.05) is 15.9 Å². The predicted octanol–water partition coefficient (Wildman–Crippen LogP) is 2.27. The molecule has 0 aliphatic heterocycles. The predicted molar refractivity (Wildman–Crippen MR) is 62.0 cm³/mol. The normalized spacial score (nSPS) is 17.6. The summed E-state index contributed by atoms with van der Waals surface area (Å²) < 4.78 is 12.9. The Bertz CT molecular complexity index is 401. The number of carbonyl (C=O) groups is 1. The van der Waals surface area contributed by atoms with E-state index >= 15 is 0 Å². The molecule has 3 nitrogen and oxygen atoms in total. The van der Waals surface area contributed by atoms with E-state index in [1.165, 1.54) is 12.3 Å². The molecule has 1 N–H and O–H groups in total. The van der Waals surface area contributed by atoms with E-state index in [4.69, 9.17) is 0 Å². The number of hydrogen-bond acceptors (Lipinski definition) is 2. The summed E-state index contributed by atoms with van der Waals surface area (Å²) in [6.45, 7) is 0. The van der Waals surface area contributed by atoms with Crippen molar-refractivity contribution < 1.29 is 9.18 Å². The van der Waals surface area contributed by atoms with Gasteiger partial charge < -0.3 is 5.32 Å². The van der Waals surface area contributed by atoms with Crippen molar-refractivity contribution >= 4 is 21.8 Å². The Morgan fingerprint density at radius 3 is 2.81 bits per heavy atom. The largest absolute Gasteiger partial charge is 0.346 e. The first kappa shape index (κ1) is 11.5. The number of carbonyl (C=O) groups excluding carboxylic acids is 1. The van der Waals surface area contributed by atoms with Gasteiger partial charge in [0.25, 0.3) is 5.91 Å². The highest BCUT2D eigenvalue weighted by atomic mass is 79.9. The maximum absolute atomic E-state index is 12.9. The van der Waals surface area contributed by atoms with Crippen molar-refractivity contribution in [2.45, 2.75) is 24.8 Å². The summed E-state index contributed by atoms with van der Waals surface area (Å²) in [7, 11) is 0. The minimum Gasteiger partial charge on any atom is -0.346 e. The Hall–Kier alpha value is -0.970. The van der Waals surface area contributed by atoms with Crippen LogP contribution in [0.4, 0.5) is 4.39 Å². The van der Waals surface area contributed by atoms with Crippen LogP contribution in [-0.4, -0.2) is 21.8 Å². The Kier molecular flexibility index (Phi) is 3.23. The van der Waals surface area contributed by atoms with Crippen molar-refractivity contribution in [3.63, 3.8) is 0 Å². The number of pyridine rings is 1. The Labute approximate surface area is 102 Å². The molecular formula is C11H12BrFN2O. The van der Waals surface area contributed by atoms with Crippen LogP contribution in [-0.2, 0) is 0 Å². The van der Waals surface area contributed by atoms with Gasteiger partial charge in [-0.25, -0.2) is 4.39 Å². The highest BCUT2D eigenvalue weighted by molar-refractivity contribution is 9.09. The summed E-state index contributed by atoms with van der Waals surface area (Å²) in [5, 5.41) is 3.66. The van der Waals surface area contributed by atoms with E-state index in [1.54, 1.807) is 0 Å². The molecule has 0 atom stereocenters. The topological polar surface area (TPSA) is 42.0 Å². The number of amides is 1. The Morgan fingerprint density at radius 2 is 2.31 bits per heavy atom. The molecule has 16 heavy (non-hydrogen) atoms. The van der Waals surface area contributed by atoms with E-state index in [-0.39, 0.29) is 17.0 Å². The Balaban J connectivity index is 2.08. The summed E-state index contributed by atoms with van der Waals surface area (Å²) in [6.07, 6.45) is 5.51. The van der Waals surface area contributed by atoms with Crippen molar-refractivity contribution in [3.05, 3.63) is 29.8 Å². The average Bonchev–Trinajstić information content (AvgIpc) is 2.23. The molecule has 2 rings (SSSR count). The van der Waals surface area contributed by atoms with Crippen LogP contribution in [0.2, 0.25) is 0 Å². The molecule has 5 heteroatoms. The fourth-order valence-corrected chi connectivity index (χ4v) is 2.45. The molecule has 1 heterocycles. The molecule has 1 aliphatic rings. The van der Waals surface area contributed by atoms with Crippen LogP contribution >= 0.6 is 15.9 Å². The van der Waals surface area contributed by atoms with Crippen molar-refractivity contribution in [1.82, 2.24) is 10.3 Å². The molecule has 1 aromatic heterocycles. The highest BCUT2D eigenvalue weighted by Gasteiger charge is 2.37. The number of nitrogens with one attached hydrogen (secondary N) is 1. The number of halogens is 2. The SMILES string of the molecule is O=C(NC1(CBr)CCC1)c1cncc(F)c1. The van der Waals surface area contributed by atoms with Gasteiger partial charge in [0, 0.05) is 11.5 Å². The van der Waals surface area contributed by atoms with E-state index in [9.17, 15) is 9.18 Å². The van der Waals surface area contributed by atoms with E-state index in [0.717, 1.165) is 30.8 Å². The zero-order chi connectivity index (χ0) is 11.6. The van der Waals surface area contributed by atoms with Crippen LogP contribution < -0.4 is 5.32 Å². The maximum atomic E-state index is 12.9. The number of aromatic nitrogens is 1. The molecule has 0 saturated heterocycles.